The second-order valence-electron chi connectivity index (χ2n) is 25.1. The van der Waals surface area contributed by atoms with Crippen LogP contribution in [-0.4, -0.2) is 87.4 Å². The van der Waals surface area contributed by atoms with Gasteiger partial charge in [0.2, 0.25) is 0 Å². The Hall–Kier alpha value is -7.17. The zero-order valence-electron chi connectivity index (χ0n) is 62.5. The highest BCUT2D eigenvalue weighted by molar-refractivity contribution is 5.71. The summed E-state index contributed by atoms with van der Waals surface area (Å²) in [4.78, 5) is 37.7. The van der Waals surface area contributed by atoms with Crippen molar-refractivity contribution in [1.82, 2.24) is 0 Å². The molecule has 2 unspecified atom stereocenters. The van der Waals surface area contributed by atoms with E-state index < -0.39 is 30.3 Å². The number of carboxylic acid groups (broad SMARTS) is 1. The fourth-order valence-electron chi connectivity index (χ4n) is 9.10. The Bertz CT molecular complexity index is 2590. The van der Waals surface area contributed by atoms with E-state index in [1.807, 2.05) is 21.1 Å². The van der Waals surface area contributed by atoms with Gasteiger partial charge in [-0.15, -0.1) is 0 Å². The van der Waals surface area contributed by atoms with Crippen LogP contribution in [0.3, 0.4) is 0 Å². The maximum absolute atomic E-state index is 13.0. The van der Waals surface area contributed by atoms with Gasteiger partial charge in [-0.3, -0.25) is 9.59 Å². The Balaban J connectivity index is 4.29. The number of hydrogen-bond donors (Lipinski definition) is 1. The first-order valence-electron chi connectivity index (χ1n) is 37.8. The highest BCUT2D eigenvalue weighted by Gasteiger charge is 2.25. The molecule has 0 bridgehead atoms. The molecule has 9 nitrogen and oxygen atoms in total. The van der Waals surface area contributed by atoms with E-state index in [4.69, 9.17) is 18.9 Å². The predicted molar refractivity (Wildman–Crippen MR) is 427 cm³/mol. The normalized spacial score (nSPS) is 14.2. The van der Waals surface area contributed by atoms with Crippen molar-refractivity contribution in [3.05, 3.63) is 255 Å². The second kappa shape index (κ2) is 76.6. The first kappa shape index (κ1) is 91.8. The number of ether oxygens (including phenoxy) is 4. The summed E-state index contributed by atoms with van der Waals surface area (Å²) in [6, 6.07) is 0. The molecular weight excluding hydrogens is 1220 g/mol. The number of aliphatic carboxylic acids is 1. The summed E-state index contributed by atoms with van der Waals surface area (Å²) in [5.41, 5.74) is 0. The van der Waals surface area contributed by atoms with Gasteiger partial charge in [-0.05, 0) is 173 Å². The predicted octanol–water partition coefficient (Wildman–Crippen LogP) is 24.6. The van der Waals surface area contributed by atoms with Crippen LogP contribution in [0.1, 0.15) is 232 Å². The molecule has 0 amide bonds. The van der Waals surface area contributed by atoms with Gasteiger partial charge < -0.3 is 28.5 Å². The zero-order chi connectivity index (χ0) is 71.8. The van der Waals surface area contributed by atoms with Crippen LogP contribution >= 0.6 is 0 Å². The van der Waals surface area contributed by atoms with Gasteiger partial charge >= 0.3 is 17.9 Å². The lowest BCUT2D eigenvalue weighted by molar-refractivity contribution is -0.870. The standard InChI is InChI=1S/C90H135NO8/c1-6-8-10-12-14-16-18-20-22-24-26-28-30-32-34-36-38-40-41-42-43-44-45-46-47-49-51-53-55-57-59-61-63-65-67-69-71-73-75-77-79-81-88(93)99-86(85-98-90(89(94)95)96-83-82-91(3,4)5)84-97-87(92)80-78-76-74-72-70-68-66-64-62-60-58-56-54-52-50-48-39-37-35-33-31-29-27-25-23-21-19-17-15-13-11-9-7-2/h8-11,14-17,20-23,26-29,32-35,38-40,42-43,45-46,48-49,51-52,54-55,57-58,60-61,63-64,66,70,72,86,90H,6-7,12-13,18-19,24-25,30-31,36-37,41,44,47,50,53,56,59,62,65,67-69,71,73-85H2,1-5H3/p+1/b10-8-,11-9-,16-14-,17-15-,22-20-,23-21-,28-26-,29-27-,34-32-,35-33-,40-38-,43-42-,46-45-,48-39-,51-49-,54-52-,57-55-,60-58-,63-61-,66-64-,72-70-. The van der Waals surface area contributed by atoms with E-state index >= 15 is 0 Å². The van der Waals surface area contributed by atoms with Crippen LogP contribution < -0.4 is 0 Å². The number of allylic oxidation sites excluding steroid dienone is 42. The summed E-state index contributed by atoms with van der Waals surface area (Å²) < 4.78 is 22.9. The molecule has 0 aliphatic heterocycles. The molecule has 0 fully saturated rings. The van der Waals surface area contributed by atoms with E-state index in [0.717, 1.165) is 180 Å². The van der Waals surface area contributed by atoms with E-state index in [1.165, 1.54) is 12.8 Å². The number of carbonyl (C=O) groups is 3. The van der Waals surface area contributed by atoms with Crippen molar-refractivity contribution < 1.29 is 42.9 Å². The maximum Gasteiger partial charge on any atom is 0.361 e. The molecule has 0 saturated carbocycles. The van der Waals surface area contributed by atoms with E-state index in [2.05, 4.69) is 269 Å². The average molecular weight is 1360 g/mol. The SMILES string of the molecule is CC/C=C\C/C=C\C/C=C\C/C=C\C/C=C\C/C=C\C/C=C\C/C=C\C/C=C\C/C=C\C/C=C\CCCCCCCCCC(=O)OC(COC(=O)CCCC/C=C\C/C=C\C/C=C\C/C=C\C/C=C\C/C=C\C/C=C\C/C=C\C/C=C\C/C=C\CC)COC(OCC[N+](C)(C)C)C(=O)O. The van der Waals surface area contributed by atoms with Gasteiger partial charge in [0.15, 0.2) is 6.10 Å². The molecule has 0 aliphatic rings. The van der Waals surface area contributed by atoms with E-state index in [-0.39, 0.29) is 32.7 Å². The Morgan fingerprint density at radius 3 is 0.828 bits per heavy atom. The fraction of sp³-hybridized carbons (Fsp3) is 0.500. The Labute approximate surface area is 604 Å². The summed E-state index contributed by atoms with van der Waals surface area (Å²) in [6.07, 6.45) is 122. The highest BCUT2D eigenvalue weighted by atomic mass is 16.7. The van der Waals surface area contributed by atoms with Gasteiger partial charge in [-0.2, -0.15) is 0 Å². The molecule has 0 saturated heterocycles. The smallest absolute Gasteiger partial charge is 0.361 e. The third-order valence-electron chi connectivity index (χ3n) is 14.8. The van der Waals surface area contributed by atoms with Crippen molar-refractivity contribution in [2.45, 2.75) is 245 Å². The third-order valence-corrected chi connectivity index (χ3v) is 14.8. The first-order valence-corrected chi connectivity index (χ1v) is 37.8. The summed E-state index contributed by atoms with van der Waals surface area (Å²) >= 11 is 0. The molecule has 0 spiro atoms. The molecule has 0 aromatic carbocycles. The number of carboxylic acids is 1. The van der Waals surface area contributed by atoms with Crippen LogP contribution in [0.25, 0.3) is 0 Å². The molecule has 2 atom stereocenters. The minimum Gasteiger partial charge on any atom is -0.477 e. The number of hydrogen-bond acceptors (Lipinski definition) is 7. The molecule has 99 heavy (non-hydrogen) atoms. The van der Waals surface area contributed by atoms with Crippen molar-refractivity contribution in [2.75, 3.05) is 47.5 Å². The topological polar surface area (TPSA) is 108 Å². The number of rotatable bonds is 66. The number of nitrogens with zero attached hydrogens (tertiary/aromatic N) is 1. The zero-order valence-corrected chi connectivity index (χ0v) is 62.5. The minimum atomic E-state index is -1.54. The number of quaternary nitrogens is 1. The van der Waals surface area contributed by atoms with Gasteiger partial charge in [0.1, 0.15) is 13.2 Å². The second-order valence-corrected chi connectivity index (χ2v) is 25.1. The fourth-order valence-corrected chi connectivity index (χ4v) is 9.10. The van der Waals surface area contributed by atoms with Crippen molar-refractivity contribution >= 4 is 17.9 Å². The van der Waals surface area contributed by atoms with Crippen molar-refractivity contribution in [2.24, 2.45) is 0 Å². The lowest BCUT2D eigenvalue weighted by atomic mass is 10.1. The summed E-state index contributed by atoms with van der Waals surface area (Å²) in [5, 5.41) is 9.76. The lowest BCUT2D eigenvalue weighted by Crippen LogP contribution is -2.40. The molecule has 548 valence electrons. The van der Waals surface area contributed by atoms with Crippen LogP contribution in [0.15, 0.2) is 255 Å². The molecular formula is C90H136NO8+. The summed E-state index contributed by atoms with van der Waals surface area (Å²) in [5.74, 6) is -2.11. The molecule has 0 radical (unpaired) electrons. The highest BCUT2D eigenvalue weighted by Crippen LogP contribution is 2.13. The molecule has 0 rings (SSSR count). The molecule has 0 aromatic rings. The van der Waals surface area contributed by atoms with Gasteiger partial charge in [-0.1, -0.05) is 301 Å². The third kappa shape index (κ3) is 78.0. The van der Waals surface area contributed by atoms with Crippen molar-refractivity contribution in [1.29, 1.82) is 0 Å². The quantitative estimate of drug-likeness (QED) is 0.0211. The van der Waals surface area contributed by atoms with Gasteiger partial charge in [0.25, 0.3) is 6.29 Å². The molecule has 0 aliphatic carbocycles. The monoisotopic (exact) mass is 1360 g/mol. The van der Waals surface area contributed by atoms with Gasteiger partial charge in [0.05, 0.1) is 34.4 Å². The maximum atomic E-state index is 13.0. The number of likely N-dealkylation sites (N-methyl/N-ethyl adjacent to an activating group) is 1. The van der Waals surface area contributed by atoms with Crippen LogP contribution in [0.2, 0.25) is 0 Å². The Morgan fingerprint density at radius 2 is 0.545 bits per heavy atom. The van der Waals surface area contributed by atoms with Crippen molar-refractivity contribution in [3.63, 3.8) is 0 Å². The van der Waals surface area contributed by atoms with Gasteiger partial charge in [0, 0.05) is 12.8 Å². The Kier molecular flexibility index (Phi) is 71.0. The summed E-state index contributed by atoms with van der Waals surface area (Å²) in [6.45, 7) is 4.54. The largest absolute Gasteiger partial charge is 0.477 e. The molecule has 0 heterocycles. The first-order chi connectivity index (χ1) is 48.6. The van der Waals surface area contributed by atoms with E-state index in [0.29, 0.717) is 23.9 Å². The van der Waals surface area contributed by atoms with Crippen LogP contribution in [-0.2, 0) is 33.3 Å². The van der Waals surface area contributed by atoms with E-state index in [9.17, 15) is 19.5 Å². The van der Waals surface area contributed by atoms with Crippen molar-refractivity contribution in [3.8, 4) is 0 Å². The Morgan fingerprint density at radius 1 is 0.303 bits per heavy atom. The number of carbonyl (C=O) groups excluding carboxylic acids is 2. The van der Waals surface area contributed by atoms with Crippen LogP contribution in [0.4, 0.5) is 0 Å². The van der Waals surface area contributed by atoms with Crippen LogP contribution in [0, 0.1) is 0 Å². The van der Waals surface area contributed by atoms with Gasteiger partial charge in [-0.25, -0.2) is 4.79 Å². The molecule has 9 heteroatoms. The minimum absolute atomic E-state index is 0.163. The summed E-state index contributed by atoms with van der Waals surface area (Å²) in [7, 11) is 5.94. The molecule has 0 aromatic heterocycles. The average Bonchev–Trinajstić information content (AvgIpc) is 2.62. The van der Waals surface area contributed by atoms with Crippen LogP contribution in [0.5, 0.6) is 0 Å². The number of esters is 2. The van der Waals surface area contributed by atoms with E-state index in [1.54, 1.807) is 0 Å². The lowest BCUT2D eigenvalue weighted by Gasteiger charge is -2.25. The molecule has 1 N–H and O–H groups in total. The number of unbranched alkanes of at least 4 members (excludes halogenated alkanes) is 9.